The summed E-state index contributed by atoms with van der Waals surface area (Å²) in [4.78, 5) is 17.7. The number of hydrogen-bond donors (Lipinski definition) is 0. The molecule has 0 bridgehead atoms. The number of carbonyl (C=O) groups is 1. The van der Waals surface area contributed by atoms with Crippen molar-refractivity contribution < 1.29 is 13.2 Å². The molecule has 1 amide bonds. The Balaban J connectivity index is 1.68. The van der Waals surface area contributed by atoms with Crippen molar-refractivity contribution in [2.45, 2.75) is 18.1 Å². The first kappa shape index (κ1) is 15.2. The highest BCUT2D eigenvalue weighted by atomic mass is 35.7. The van der Waals surface area contributed by atoms with Crippen molar-refractivity contribution in [3.05, 3.63) is 42.1 Å². The van der Waals surface area contributed by atoms with Crippen LogP contribution in [0.25, 0.3) is 10.9 Å². The molecule has 1 atom stereocenters. The third kappa shape index (κ3) is 3.23. The number of nitrogens with zero attached hydrogens (tertiary/aromatic N) is 2. The molecule has 2 aromatic rings. The van der Waals surface area contributed by atoms with Crippen molar-refractivity contribution in [2.24, 2.45) is 0 Å². The maximum atomic E-state index is 11.9. The molecule has 0 radical (unpaired) electrons. The highest BCUT2D eigenvalue weighted by molar-refractivity contribution is 8.14. The Morgan fingerprint density at radius 3 is 2.86 bits per heavy atom. The zero-order valence-corrected chi connectivity index (χ0v) is 13.3. The van der Waals surface area contributed by atoms with Gasteiger partial charge in [-0.3, -0.25) is 9.78 Å². The normalized spacial score (nSPS) is 19.0. The topological polar surface area (TPSA) is 67.3 Å². The van der Waals surface area contributed by atoms with Gasteiger partial charge in [0.2, 0.25) is 15.0 Å². The summed E-state index contributed by atoms with van der Waals surface area (Å²) in [6.07, 6.45) is 2.40. The van der Waals surface area contributed by atoms with Crippen LogP contribution < -0.4 is 0 Å². The van der Waals surface area contributed by atoms with E-state index in [1.165, 1.54) is 0 Å². The fourth-order valence-corrected chi connectivity index (χ4v) is 3.74. The predicted octanol–water partition coefficient (Wildman–Crippen LogP) is 1.95. The van der Waals surface area contributed by atoms with Crippen molar-refractivity contribution in [3.63, 3.8) is 0 Å². The summed E-state index contributed by atoms with van der Waals surface area (Å²) >= 11 is 0. The SMILES string of the molecule is O=C1CC(S(=O)(=O)Cl)CN1CCc1ccc2ncccc2c1. The molecule has 22 heavy (non-hydrogen) atoms. The number of benzene rings is 1. The van der Waals surface area contributed by atoms with Gasteiger partial charge in [0, 0.05) is 41.8 Å². The molecule has 0 saturated carbocycles. The third-order valence-electron chi connectivity index (χ3n) is 3.91. The second-order valence-electron chi connectivity index (χ2n) is 5.42. The summed E-state index contributed by atoms with van der Waals surface area (Å²) in [7, 11) is 1.66. The zero-order valence-electron chi connectivity index (χ0n) is 11.8. The minimum Gasteiger partial charge on any atom is -0.341 e. The summed E-state index contributed by atoms with van der Waals surface area (Å²) in [6.45, 7) is 0.674. The molecule has 1 aromatic heterocycles. The molecule has 7 heteroatoms. The van der Waals surface area contributed by atoms with Crippen molar-refractivity contribution in [1.29, 1.82) is 0 Å². The van der Waals surface area contributed by atoms with Crippen molar-refractivity contribution in [1.82, 2.24) is 9.88 Å². The molecule has 1 unspecified atom stereocenters. The Kier molecular flexibility index (Phi) is 4.06. The predicted molar refractivity (Wildman–Crippen MR) is 85.2 cm³/mol. The maximum Gasteiger partial charge on any atom is 0.237 e. The third-order valence-corrected chi connectivity index (χ3v) is 5.78. The van der Waals surface area contributed by atoms with Crippen LogP contribution in [0, 0.1) is 0 Å². The molecular formula is C15H15ClN2O3S. The fourth-order valence-electron chi connectivity index (χ4n) is 2.69. The van der Waals surface area contributed by atoms with E-state index in [9.17, 15) is 13.2 Å². The van der Waals surface area contributed by atoms with Crippen LogP contribution in [0.15, 0.2) is 36.5 Å². The first-order valence-corrected chi connectivity index (χ1v) is 9.35. The number of pyridine rings is 1. The number of likely N-dealkylation sites (tertiary alicyclic amines) is 1. The number of fused-ring (bicyclic) bond motifs is 1. The quantitative estimate of drug-likeness (QED) is 0.799. The van der Waals surface area contributed by atoms with Crippen LogP contribution >= 0.6 is 10.7 Å². The molecule has 116 valence electrons. The second kappa shape index (κ2) is 5.85. The smallest absolute Gasteiger partial charge is 0.237 e. The molecule has 0 aliphatic carbocycles. The lowest BCUT2D eigenvalue weighted by molar-refractivity contribution is -0.127. The second-order valence-corrected chi connectivity index (χ2v) is 8.33. The van der Waals surface area contributed by atoms with Gasteiger partial charge in [0.15, 0.2) is 0 Å². The molecule has 3 rings (SSSR count). The van der Waals surface area contributed by atoms with Gasteiger partial charge in [0.05, 0.1) is 5.52 Å². The number of halogens is 1. The highest BCUT2D eigenvalue weighted by Gasteiger charge is 2.36. The van der Waals surface area contributed by atoms with Crippen molar-refractivity contribution in [3.8, 4) is 0 Å². The van der Waals surface area contributed by atoms with Crippen LogP contribution in [0.1, 0.15) is 12.0 Å². The van der Waals surface area contributed by atoms with E-state index in [-0.39, 0.29) is 18.9 Å². The molecule has 0 N–H and O–H groups in total. The summed E-state index contributed by atoms with van der Waals surface area (Å²) in [5.41, 5.74) is 2.02. The van der Waals surface area contributed by atoms with Gasteiger partial charge in [0.25, 0.3) is 0 Å². The van der Waals surface area contributed by atoms with Crippen LogP contribution in [0.4, 0.5) is 0 Å². The molecule has 0 spiro atoms. The van der Waals surface area contributed by atoms with E-state index in [1.807, 2.05) is 30.3 Å². The lowest BCUT2D eigenvalue weighted by Gasteiger charge is -2.16. The van der Waals surface area contributed by atoms with E-state index in [1.54, 1.807) is 11.1 Å². The standard InChI is InChI=1S/C15H15ClN2O3S/c16-22(20,21)13-9-15(19)18(10-13)7-5-11-3-4-14-12(8-11)2-1-6-17-14/h1-4,6,8,13H,5,7,9-10H2. The van der Waals surface area contributed by atoms with Gasteiger partial charge in [-0.15, -0.1) is 0 Å². The van der Waals surface area contributed by atoms with Crippen molar-refractivity contribution >= 4 is 36.5 Å². The van der Waals surface area contributed by atoms with E-state index in [0.717, 1.165) is 16.5 Å². The number of amides is 1. The van der Waals surface area contributed by atoms with E-state index in [4.69, 9.17) is 10.7 Å². The monoisotopic (exact) mass is 338 g/mol. The highest BCUT2D eigenvalue weighted by Crippen LogP contribution is 2.22. The summed E-state index contributed by atoms with van der Waals surface area (Å²) in [5.74, 6) is -0.156. The van der Waals surface area contributed by atoms with Gasteiger partial charge < -0.3 is 4.90 Å². The van der Waals surface area contributed by atoms with Crippen LogP contribution in [0.2, 0.25) is 0 Å². The summed E-state index contributed by atoms with van der Waals surface area (Å²) in [6, 6.07) is 9.84. The zero-order chi connectivity index (χ0) is 15.7. The maximum absolute atomic E-state index is 11.9. The average molecular weight is 339 g/mol. The van der Waals surface area contributed by atoms with Crippen molar-refractivity contribution in [2.75, 3.05) is 13.1 Å². The van der Waals surface area contributed by atoms with Gasteiger partial charge in [0.1, 0.15) is 5.25 Å². The Morgan fingerprint density at radius 2 is 2.14 bits per heavy atom. The molecule has 1 aliphatic heterocycles. The van der Waals surface area contributed by atoms with Gasteiger partial charge >= 0.3 is 0 Å². The molecule has 1 aliphatic rings. The molecule has 1 fully saturated rings. The van der Waals surface area contributed by atoms with E-state index < -0.39 is 14.3 Å². The number of aromatic nitrogens is 1. The minimum absolute atomic E-state index is 0.0204. The molecule has 1 aromatic carbocycles. The largest absolute Gasteiger partial charge is 0.341 e. The fraction of sp³-hybridized carbons (Fsp3) is 0.333. The van der Waals surface area contributed by atoms with Crippen LogP contribution in [0.3, 0.4) is 0 Å². The van der Waals surface area contributed by atoms with Crippen LogP contribution in [-0.4, -0.2) is 42.5 Å². The van der Waals surface area contributed by atoms with Crippen LogP contribution in [0.5, 0.6) is 0 Å². The van der Waals surface area contributed by atoms with Gasteiger partial charge in [-0.05, 0) is 30.2 Å². The van der Waals surface area contributed by atoms with Gasteiger partial charge in [-0.25, -0.2) is 8.42 Å². The lowest BCUT2D eigenvalue weighted by Crippen LogP contribution is -2.29. The first-order valence-electron chi connectivity index (χ1n) is 6.98. The Bertz CT molecular complexity index is 822. The lowest BCUT2D eigenvalue weighted by atomic mass is 10.1. The molecule has 5 nitrogen and oxygen atoms in total. The minimum atomic E-state index is -3.68. The molecule has 2 heterocycles. The summed E-state index contributed by atoms with van der Waals surface area (Å²) in [5, 5.41) is 0.261. The van der Waals surface area contributed by atoms with Gasteiger partial charge in [-0.2, -0.15) is 0 Å². The first-order chi connectivity index (χ1) is 10.4. The number of hydrogen-bond acceptors (Lipinski definition) is 4. The molecule has 1 saturated heterocycles. The van der Waals surface area contributed by atoms with E-state index in [0.29, 0.717) is 13.0 Å². The number of carbonyl (C=O) groups excluding carboxylic acids is 1. The Hall–Kier alpha value is -1.66. The molecular weight excluding hydrogens is 324 g/mol. The van der Waals surface area contributed by atoms with E-state index >= 15 is 0 Å². The Morgan fingerprint density at radius 1 is 1.32 bits per heavy atom. The number of rotatable bonds is 4. The van der Waals surface area contributed by atoms with E-state index in [2.05, 4.69) is 4.98 Å². The summed E-state index contributed by atoms with van der Waals surface area (Å²) < 4.78 is 22.6. The average Bonchev–Trinajstić information content (AvgIpc) is 2.86. The van der Waals surface area contributed by atoms with Gasteiger partial charge in [-0.1, -0.05) is 12.1 Å². The Labute approximate surface area is 133 Å². The van der Waals surface area contributed by atoms with Crippen LogP contribution in [-0.2, 0) is 20.3 Å².